The second-order valence-corrected chi connectivity index (χ2v) is 8.32. The molecule has 1 fully saturated rings. The van der Waals surface area contributed by atoms with E-state index >= 15 is 0 Å². The van der Waals surface area contributed by atoms with Gasteiger partial charge in [-0.1, -0.05) is 54.9 Å². The first-order valence-electron chi connectivity index (χ1n) is 8.78. The summed E-state index contributed by atoms with van der Waals surface area (Å²) in [6.07, 6.45) is 2.88. The maximum absolute atomic E-state index is 12.6. The van der Waals surface area contributed by atoms with Crippen molar-refractivity contribution >= 4 is 48.3 Å². The predicted molar refractivity (Wildman–Crippen MR) is 110 cm³/mol. The summed E-state index contributed by atoms with van der Waals surface area (Å²) in [5.41, 5.74) is 2.07. The SMILES string of the molecule is CCCC(NC(=O)CCN1C(=O)/C(=C\c2ccc(C)cc2)SC1S)C(=O)O. The molecule has 8 heteroatoms. The van der Waals surface area contributed by atoms with Gasteiger partial charge in [0, 0.05) is 13.0 Å². The topological polar surface area (TPSA) is 86.7 Å². The van der Waals surface area contributed by atoms with Gasteiger partial charge in [-0.15, -0.1) is 12.6 Å². The first-order valence-corrected chi connectivity index (χ1v) is 10.2. The Morgan fingerprint density at radius 2 is 2.04 bits per heavy atom. The molecule has 2 N–H and O–H groups in total. The van der Waals surface area contributed by atoms with Crippen LogP contribution in [0.15, 0.2) is 29.2 Å². The normalized spacial score (nSPS) is 19.4. The quantitative estimate of drug-likeness (QED) is 0.455. The molecule has 1 aromatic rings. The zero-order valence-corrected chi connectivity index (χ0v) is 17.1. The Labute approximate surface area is 168 Å². The number of amides is 2. The minimum absolute atomic E-state index is 0.0364. The van der Waals surface area contributed by atoms with Crippen LogP contribution < -0.4 is 5.32 Å². The fraction of sp³-hybridized carbons (Fsp3) is 0.421. The molecular weight excluding hydrogens is 384 g/mol. The number of benzene rings is 1. The van der Waals surface area contributed by atoms with Gasteiger partial charge in [-0.3, -0.25) is 9.59 Å². The number of thiol groups is 1. The van der Waals surface area contributed by atoms with Crippen molar-refractivity contribution in [3.05, 3.63) is 40.3 Å². The number of nitrogens with one attached hydrogen (secondary N) is 1. The summed E-state index contributed by atoms with van der Waals surface area (Å²) in [6, 6.07) is 6.95. The second kappa shape index (κ2) is 9.85. The number of aliphatic carboxylic acids is 1. The molecule has 0 radical (unpaired) electrons. The average Bonchev–Trinajstić information content (AvgIpc) is 2.88. The van der Waals surface area contributed by atoms with Gasteiger partial charge in [0.15, 0.2) is 0 Å². The molecule has 2 atom stereocenters. The van der Waals surface area contributed by atoms with Crippen molar-refractivity contribution in [2.24, 2.45) is 0 Å². The first kappa shape index (κ1) is 21.4. The van der Waals surface area contributed by atoms with Gasteiger partial charge in [-0.25, -0.2) is 4.79 Å². The summed E-state index contributed by atoms with van der Waals surface area (Å²) in [5, 5.41) is 11.6. The summed E-state index contributed by atoms with van der Waals surface area (Å²) in [7, 11) is 0. The third-order valence-electron chi connectivity index (χ3n) is 4.14. The molecule has 27 heavy (non-hydrogen) atoms. The van der Waals surface area contributed by atoms with Crippen LogP contribution in [0.4, 0.5) is 0 Å². The number of carboxylic acid groups (broad SMARTS) is 1. The lowest BCUT2D eigenvalue weighted by atomic mass is 10.1. The number of carboxylic acids is 1. The molecule has 0 aliphatic carbocycles. The lowest BCUT2D eigenvalue weighted by Gasteiger charge is -2.20. The van der Waals surface area contributed by atoms with E-state index in [0.29, 0.717) is 17.7 Å². The Kier molecular flexibility index (Phi) is 7.79. The summed E-state index contributed by atoms with van der Waals surface area (Å²) in [5.74, 6) is -1.60. The van der Waals surface area contributed by atoms with Gasteiger partial charge < -0.3 is 15.3 Å². The Hall–Kier alpha value is -1.93. The van der Waals surface area contributed by atoms with Gasteiger partial charge in [0.05, 0.1) is 4.91 Å². The van der Waals surface area contributed by atoms with Crippen LogP contribution in [-0.4, -0.2) is 45.1 Å². The minimum Gasteiger partial charge on any atom is -0.480 e. The standard InChI is InChI=1S/C19H24N2O4S2/c1-3-4-14(18(24)25)20-16(22)9-10-21-17(23)15(27-19(21)26)11-13-7-5-12(2)6-8-13/h5-8,11,14,19,26H,3-4,9-10H2,1-2H3,(H,20,22)(H,24,25)/b15-11+. The highest BCUT2D eigenvalue weighted by Gasteiger charge is 2.34. The number of thioether (sulfide) groups is 1. The first-order chi connectivity index (χ1) is 12.8. The van der Waals surface area contributed by atoms with Crippen LogP contribution in [0, 0.1) is 6.92 Å². The van der Waals surface area contributed by atoms with Crippen molar-refractivity contribution < 1.29 is 19.5 Å². The van der Waals surface area contributed by atoms with E-state index in [1.807, 2.05) is 44.2 Å². The van der Waals surface area contributed by atoms with Crippen molar-refractivity contribution in [1.82, 2.24) is 10.2 Å². The molecule has 1 aromatic carbocycles. The van der Waals surface area contributed by atoms with Gasteiger partial charge in [0.1, 0.15) is 10.7 Å². The molecule has 2 rings (SSSR count). The summed E-state index contributed by atoms with van der Waals surface area (Å²) < 4.78 is -0.368. The van der Waals surface area contributed by atoms with E-state index in [1.165, 1.54) is 16.7 Å². The van der Waals surface area contributed by atoms with Crippen molar-refractivity contribution in [1.29, 1.82) is 0 Å². The number of nitrogens with zero attached hydrogens (tertiary/aromatic N) is 1. The van der Waals surface area contributed by atoms with E-state index in [1.54, 1.807) is 0 Å². The van der Waals surface area contributed by atoms with Crippen LogP contribution in [0.25, 0.3) is 6.08 Å². The highest BCUT2D eigenvalue weighted by atomic mass is 32.2. The van der Waals surface area contributed by atoms with Crippen molar-refractivity contribution in [2.75, 3.05) is 6.54 Å². The molecule has 0 bridgehead atoms. The Morgan fingerprint density at radius 3 is 2.63 bits per heavy atom. The minimum atomic E-state index is -1.05. The number of hydrogen-bond acceptors (Lipinski definition) is 5. The van der Waals surface area contributed by atoms with E-state index in [0.717, 1.165) is 11.1 Å². The molecule has 146 valence electrons. The number of carbonyl (C=O) groups is 3. The zero-order chi connectivity index (χ0) is 20.0. The molecule has 1 saturated heterocycles. The highest BCUT2D eigenvalue weighted by molar-refractivity contribution is 8.14. The summed E-state index contributed by atoms with van der Waals surface area (Å²) in [6.45, 7) is 4.05. The lowest BCUT2D eigenvalue weighted by molar-refractivity contribution is -0.142. The summed E-state index contributed by atoms with van der Waals surface area (Å²) in [4.78, 5) is 37.9. The molecule has 1 heterocycles. The number of carbonyl (C=O) groups excluding carboxylic acids is 2. The maximum atomic E-state index is 12.6. The Morgan fingerprint density at radius 1 is 1.37 bits per heavy atom. The van der Waals surface area contributed by atoms with E-state index < -0.39 is 12.0 Å². The van der Waals surface area contributed by atoms with Gasteiger partial charge in [-0.05, 0) is 25.0 Å². The smallest absolute Gasteiger partial charge is 0.326 e. The Bertz CT molecular complexity index is 734. The van der Waals surface area contributed by atoms with E-state index in [2.05, 4.69) is 17.9 Å². The molecule has 2 amide bonds. The fourth-order valence-corrected chi connectivity index (χ4v) is 4.16. The van der Waals surface area contributed by atoms with Crippen molar-refractivity contribution in [3.63, 3.8) is 0 Å². The van der Waals surface area contributed by atoms with Crippen LogP contribution >= 0.6 is 24.4 Å². The number of aryl methyl sites for hydroxylation is 1. The number of rotatable bonds is 8. The maximum Gasteiger partial charge on any atom is 0.326 e. The van der Waals surface area contributed by atoms with Crippen LogP contribution in [-0.2, 0) is 14.4 Å². The molecule has 0 aromatic heterocycles. The van der Waals surface area contributed by atoms with E-state index in [9.17, 15) is 14.4 Å². The van der Waals surface area contributed by atoms with Gasteiger partial charge in [0.25, 0.3) is 5.91 Å². The second-order valence-electron chi connectivity index (χ2n) is 6.36. The third-order valence-corrected chi connectivity index (χ3v) is 5.74. The number of hydrogen-bond donors (Lipinski definition) is 3. The molecule has 1 aliphatic heterocycles. The summed E-state index contributed by atoms with van der Waals surface area (Å²) >= 11 is 5.76. The lowest BCUT2D eigenvalue weighted by Crippen LogP contribution is -2.42. The van der Waals surface area contributed by atoms with Crippen LogP contribution in [0.2, 0.25) is 0 Å². The predicted octanol–water partition coefficient (Wildman–Crippen LogP) is 2.88. The molecule has 0 spiro atoms. The van der Waals surface area contributed by atoms with Crippen LogP contribution in [0.3, 0.4) is 0 Å². The molecule has 2 unspecified atom stereocenters. The molecular formula is C19H24N2O4S2. The molecule has 1 aliphatic rings. The Balaban J connectivity index is 1.95. The van der Waals surface area contributed by atoms with Gasteiger partial charge in [-0.2, -0.15) is 0 Å². The highest BCUT2D eigenvalue weighted by Crippen LogP contribution is 2.38. The molecule has 0 saturated carbocycles. The third kappa shape index (κ3) is 6.04. The average molecular weight is 409 g/mol. The monoisotopic (exact) mass is 408 g/mol. The van der Waals surface area contributed by atoms with Gasteiger partial charge in [0.2, 0.25) is 5.91 Å². The fourth-order valence-electron chi connectivity index (χ4n) is 2.63. The van der Waals surface area contributed by atoms with Crippen LogP contribution in [0.1, 0.15) is 37.3 Å². The van der Waals surface area contributed by atoms with Crippen LogP contribution in [0.5, 0.6) is 0 Å². The largest absolute Gasteiger partial charge is 0.480 e. The van der Waals surface area contributed by atoms with Crippen molar-refractivity contribution in [3.8, 4) is 0 Å². The van der Waals surface area contributed by atoms with Crippen molar-refractivity contribution in [2.45, 2.75) is 43.9 Å². The van der Waals surface area contributed by atoms with E-state index in [-0.39, 0.29) is 29.5 Å². The zero-order valence-electron chi connectivity index (χ0n) is 15.3. The van der Waals surface area contributed by atoms with E-state index in [4.69, 9.17) is 5.11 Å². The van der Waals surface area contributed by atoms with Gasteiger partial charge >= 0.3 is 5.97 Å². The molecule has 6 nitrogen and oxygen atoms in total.